The first-order valence-corrected chi connectivity index (χ1v) is 5.74. The van der Waals surface area contributed by atoms with Gasteiger partial charge in [-0.05, 0) is 28.1 Å². The van der Waals surface area contributed by atoms with Gasteiger partial charge in [-0.25, -0.2) is 19.2 Å². The number of carbonyl (C=O) groups excluding carboxylic acids is 1. The predicted molar refractivity (Wildman–Crippen MR) is 68.8 cm³/mol. The molecule has 0 fully saturated rings. The first-order valence-electron chi connectivity index (χ1n) is 4.95. The van der Waals surface area contributed by atoms with E-state index in [0.717, 1.165) is 0 Å². The largest absolute Gasteiger partial charge is 0.324 e. The third-order valence-electron chi connectivity index (χ3n) is 1.98. The first kappa shape index (κ1) is 12.4. The van der Waals surface area contributed by atoms with E-state index in [1.807, 2.05) is 0 Å². The van der Waals surface area contributed by atoms with Crippen LogP contribution in [0.1, 0.15) is 0 Å². The Morgan fingerprint density at radius 3 is 2.61 bits per heavy atom. The Bertz CT molecular complexity index is 561. The predicted octanol–water partition coefficient (Wildman–Crippen LogP) is 3.02. The van der Waals surface area contributed by atoms with Crippen LogP contribution in [0.15, 0.2) is 41.3 Å². The molecule has 1 aromatic carbocycles. The van der Waals surface area contributed by atoms with Crippen molar-refractivity contribution in [2.24, 2.45) is 0 Å². The Hall–Kier alpha value is -2.02. The lowest BCUT2D eigenvalue weighted by molar-refractivity contribution is 0.262. The van der Waals surface area contributed by atoms with Gasteiger partial charge in [0.1, 0.15) is 10.4 Å². The molecule has 0 aliphatic heterocycles. The van der Waals surface area contributed by atoms with Crippen LogP contribution in [0.5, 0.6) is 0 Å². The number of rotatable bonds is 2. The molecule has 2 rings (SSSR count). The molecule has 1 heterocycles. The van der Waals surface area contributed by atoms with Gasteiger partial charge in [0.05, 0.1) is 18.1 Å². The summed E-state index contributed by atoms with van der Waals surface area (Å²) in [6.45, 7) is 0. The molecule has 18 heavy (non-hydrogen) atoms. The molecule has 0 spiro atoms. The van der Waals surface area contributed by atoms with Crippen molar-refractivity contribution in [3.8, 4) is 0 Å². The summed E-state index contributed by atoms with van der Waals surface area (Å²) in [5, 5.41) is 4.80. The number of hydrogen-bond donors (Lipinski definition) is 2. The summed E-state index contributed by atoms with van der Waals surface area (Å²) in [4.78, 5) is 19.4. The maximum Gasteiger partial charge on any atom is 0.324 e. The monoisotopic (exact) mass is 310 g/mol. The number of nitrogens with one attached hydrogen (secondary N) is 2. The zero-order chi connectivity index (χ0) is 13.0. The van der Waals surface area contributed by atoms with E-state index < -0.39 is 11.8 Å². The lowest BCUT2D eigenvalue weighted by Gasteiger charge is -2.07. The van der Waals surface area contributed by atoms with Gasteiger partial charge in [-0.3, -0.25) is 5.32 Å². The molecular formula is C11H8BrFN4O. The molecule has 0 atom stereocenters. The number of nitrogens with zero attached hydrogens (tertiary/aromatic N) is 2. The van der Waals surface area contributed by atoms with Gasteiger partial charge in [0.25, 0.3) is 0 Å². The van der Waals surface area contributed by atoms with Crippen LogP contribution in [-0.4, -0.2) is 16.0 Å². The SMILES string of the molecule is O=C(Nc1cnc(Br)cn1)Nc1ccccc1F. The van der Waals surface area contributed by atoms with Crippen LogP contribution in [0.2, 0.25) is 0 Å². The molecule has 0 bridgehead atoms. The van der Waals surface area contributed by atoms with Gasteiger partial charge in [-0.15, -0.1) is 0 Å². The van der Waals surface area contributed by atoms with Crippen molar-refractivity contribution in [3.63, 3.8) is 0 Å². The highest BCUT2D eigenvalue weighted by Crippen LogP contribution is 2.13. The Morgan fingerprint density at radius 1 is 1.17 bits per heavy atom. The van der Waals surface area contributed by atoms with Crippen molar-refractivity contribution in [1.82, 2.24) is 9.97 Å². The summed E-state index contributed by atoms with van der Waals surface area (Å²) < 4.78 is 13.8. The quantitative estimate of drug-likeness (QED) is 0.896. The summed E-state index contributed by atoms with van der Waals surface area (Å²) in [5.74, 6) is -0.235. The molecule has 2 N–H and O–H groups in total. The van der Waals surface area contributed by atoms with Crippen molar-refractivity contribution in [1.29, 1.82) is 0 Å². The maximum absolute atomic E-state index is 13.3. The van der Waals surface area contributed by atoms with E-state index in [9.17, 15) is 9.18 Å². The number of aromatic nitrogens is 2. The lowest BCUT2D eigenvalue weighted by Crippen LogP contribution is -2.20. The van der Waals surface area contributed by atoms with Gasteiger partial charge < -0.3 is 5.32 Å². The van der Waals surface area contributed by atoms with Crippen molar-refractivity contribution < 1.29 is 9.18 Å². The molecule has 1 aromatic heterocycles. The highest BCUT2D eigenvalue weighted by molar-refractivity contribution is 9.10. The van der Waals surface area contributed by atoms with Crippen LogP contribution in [0.3, 0.4) is 0 Å². The van der Waals surface area contributed by atoms with Crippen LogP contribution in [0, 0.1) is 5.82 Å². The highest BCUT2D eigenvalue weighted by atomic mass is 79.9. The van der Waals surface area contributed by atoms with Crippen LogP contribution in [-0.2, 0) is 0 Å². The van der Waals surface area contributed by atoms with Gasteiger partial charge in [0, 0.05) is 0 Å². The summed E-state index contributed by atoms with van der Waals surface area (Å²) >= 11 is 3.12. The zero-order valence-electron chi connectivity index (χ0n) is 9.02. The summed E-state index contributed by atoms with van der Waals surface area (Å²) in [5.41, 5.74) is 0.0973. The highest BCUT2D eigenvalue weighted by Gasteiger charge is 2.06. The topological polar surface area (TPSA) is 66.9 Å². The van der Waals surface area contributed by atoms with Crippen molar-refractivity contribution in [3.05, 3.63) is 47.1 Å². The Labute approximate surface area is 111 Å². The van der Waals surface area contributed by atoms with E-state index in [1.54, 1.807) is 12.1 Å². The summed E-state index contributed by atoms with van der Waals surface area (Å²) in [7, 11) is 0. The van der Waals surface area contributed by atoms with Crippen molar-refractivity contribution in [2.75, 3.05) is 10.6 Å². The first-order chi connectivity index (χ1) is 8.65. The second kappa shape index (κ2) is 5.54. The Morgan fingerprint density at radius 2 is 1.94 bits per heavy atom. The van der Waals surface area contributed by atoms with Crippen LogP contribution < -0.4 is 10.6 Å². The minimum Gasteiger partial charge on any atom is -0.305 e. The maximum atomic E-state index is 13.3. The summed E-state index contributed by atoms with van der Waals surface area (Å²) in [6, 6.07) is 5.30. The lowest BCUT2D eigenvalue weighted by atomic mass is 10.3. The van der Waals surface area contributed by atoms with Gasteiger partial charge in [-0.1, -0.05) is 12.1 Å². The fourth-order valence-corrected chi connectivity index (χ4v) is 1.41. The van der Waals surface area contributed by atoms with E-state index in [1.165, 1.54) is 24.5 Å². The standard InChI is InChI=1S/C11H8BrFN4O/c12-9-5-15-10(6-14-9)17-11(18)16-8-4-2-1-3-7(8)13/h1-6H,(H2,15,16,17,18). The molecule has 0 saturated heterocycles. The molecule has 92 valence electrons. The minimum atomic E-state index is -0.586. The number of anilines is 2. The average molecular weight is 311 g/mol. The van der Waals surface area contributed by atoms with E-state index >= 15 is 0 Å². The average Bonchev–Trinajstić information content (AvgIpc) is 2.35. The zero-order valence-corrected chi connectivity index (χ0v) is 10.6. The van der Waals surface area contributed by atoms with Gasteiger partial charge in [0.2, 0.25) is 0 Å². The number of amides is 2. The smallest absolute Gasteiger partial charge is 0.305 e. The molecule has 0 radical (unpaired) electrons. The fraction of sp³-hybridized carbons (Fsp3) is 0. The second-order valence-corrected chi connectivity index (χ2v) is 4.10. The van der Waals surface area contributed by atoms with E-state index in [4.69, 9.17) is 0 Å². The van der Waals surface area contributed by atoms with Crippen LogP contribution in [0.25, 0.3) is 0 Å². The second-order valence-electron chi connectivity index (χ2n) is 3.28. The number of hydrogen-bond acceptors (Lipinski definition) is 3. The molecule has 0 unspecified atom stereocenters. The number of para-hydroxylation sites is 1. The third-order valence-corrected chi connectivity index (χ3v) is 2.39. The summed E-state index contributed by atoms with van der Waals surface area (Å²) in [6.07, 6.45) is 2.82. The Kier molecular flexibility index (Phi) is 3.83. The molecule has 7 heteroatoms. The van der Waals surface area contributed by atoms with Gasteiger partial charge in [-0.2, -0.15) is 0 Å². The number of carbonyl (C=O) groups is 1. The van der Waals surface area contributed by atoms with E-state index in [0.29, 0.717) is 4.60 Å². The van der Waals surface area contributed by atoms with E-state index in [2.05, 4.69) is 36.5 Å². The van der Waals surface area contributed by atoms with Gasteiger partial charge >= 0.3 is 6.03 Å². The van der Waals surface area contributed by atoms with Crippen LogP contribution >= 0.6 is 15.9 Å². The number of urea groups is 1. The van der Waals surface area contributed by atoms with Gasteiger partial charge in [0.15, 0.2) is 5.82 Å². The molecule has 0 saturated carbocycles. The van der Waals surface area contributed by atoms with Crippen molar-refractivity contribution >= 4 is 33.5 Å². The number of halogens is 2. The van der Waals surface area contributed by atoms with Crippen LogP contribution in [0.4, 0.5) is 20.7 Å². The molecule has 5 nitrogen and oxygen atoms in total. The Balaban J connectivity index is 2.01. The minimum absolute atomic E-state index is 0.0973. The number of benzene rings is 1. The fourth-order valence-electron chi connectivity index (χ4n) is 1.21. The van der Waals surface area contributed by atoms with Crippen molar-refractivity contribution in [2.45, 2.75) is 0 Å². The van der Waals surface area contributed by atoms with E-state index in [-0.39, 0.29) is 11.5 Å². The molecule has 2 amide bonds. The normalized spacial score (nSPS) is 9.89. The molecule has 0 aliphatic rings. The molecule has 2 aromatic rings. The molecular weight excluding hydrogens is 303 g/mol. The molecule has 0 aliphatic carbocycles. The third kappa shape index (κ3) is 3.24.